The molecule has 1 amide bonds. The number of rotatable bonds is 6. The fraction of sp³-hybridized carbons (Fsp3) is 0.929. The van der Waals surface area contributed by atoms with Crippen molar-refractivity contribution in [3.05, 3.63) is 0 Å². The third kappa shape index (κ3) is 5.53. The quantitative estimate of drug-likeness (QED) is 0.689. The van der Waals surface area contributed by atoms with Crippen LogP contribution in [0, 0.1) is 11.8 Å². The van der Waals surface area contributed by atoms with Crippen molar-refractivity contribution in [1.82, 2.24) is 5.32 Å². The van der Waals surface area contributed by atoms with Crippen LogP contribution in [0.1, 0.15) is 65.2 Å². The Labute approximate surface area is 100 Å². The highest BCUT2D eigenvalue weighted by atomic mass is 16.1. The highest BCUT2D eigenvalue weighted by Gasteiger charge is 2.18. The SMILES string of the molecule is CCCCCC(=O)NC[C@H]1CC[C@H](C)CC1. The zero-order valence-corrected chi connectivity index (χ0v) is 10.9. The van der Waals surface area contributed by atoms with E-state index in [1.165, 1.54) is 38.5 Å². The Morgan fingerprint density at radius 2 is 1.88 bits per heavy atom. The summed E-state index contributed by atoms with van der Waals surface area (Å²) in [5, 5.41) is 3.09. The number of hydrogen-bond acceptors (Lipinski definition) is 1. The molecule has 2 nitrogen and oxygen atoms in total. The van der Waals surface area contributed by atoms with Gasteiger partial charge in [-0.05, 0) is 31.1 Å². The molecule has 0 aromatic rings. The first-order valence-electron chi connectivity index (χ1n) is 6.99. The van der Waals surface area contributed by atoms with Crippen LogP contribution in [0.3, 0.4) is 0 Å². The number of amides is 1. The molecule has 1 fully saturated rings. The van der Waals surface area contributed by atoms with Gasteiger partial charge in [-0.3, -0.25) is 4.79 Å². The predicted octanol–water partition coefficient (Wildman–Crippen LogP) is 3.51. The van der Waals surface area contributed by atoms with Crippen molar-refractivity contribution < 1.29 is 4.79 Å². The summed E-state index contributed by atoms with van der Waals surface area (Å²) >= 11 is 0. The standard InChI is InChI=1S/C14H27NO/c1-3-4-5-6-14(16)15-11-13-9-7-12(2)8-10-13/h12-13H,3-11H2,1-2H3,(H,15,16)/t12-,13-. The number of nitrogens with one attached hydrogen (secondary N) is 1. The topological polar surface area (TPSA) is 29.1 Å². The second-order valence-electron chi connectivity index (χ2n) is 5.39. The lowest BCUT2D eigenvalue weighted by atomic mass is 9.83. The minimum Gasteiger partial charge on any atom is -0.356 e. The predicted molar refractivity (Wildman–Crippen MR) is 68.3 cm³/mol. The molecule has 1 N–H and O–H groups in total. The van der Waals surface area contributed by atoms with E-state index in [2.05, 4.69) is 19.2 Å². The molecule has 1 aliphatic carbocycles. The molecule has 1 saturated carbocycles. The summed E-state index contributed by atoms with van der Waals surface area (Å²) in [6, 6.07) is 0. The summed E-state index contributed by atoms with van der Waals surface area (Å²) in [5.74, 6) is 1.90. The normalized spacial score (nSPS) is 25.4. The first-order chi connectivity index (χ1) is 7.72. The fourth-order valence-electron chi connectivity index (χ4n) is 2.42. The number of carbonyl (C=O) groups excluding carboxylic acids is 1. The van der Waals surface area contributed by atoms with Crippen LogP contribution in [0.15, 0.2) is 0 Å². The largest absolute Gasteiger partial charge is 0.356 e. The lowest BCUT2D eigenvalue weighted by Gasteiger charge is -2.26. The van der Waals surface area contributed by atoms with Crippen LogP contribution in [0.2, 0.25) is 0 Å². The van der Waals surface area contributed by atoms with Gasteiger partial charge in [0, 0.05) is 13.0 Å². The minimum atomic E-state index is 0.257. The third-order valence-electron chi connectivity index (χ3n) is 3.73. The van der Waals surface area contributed by atoms with E-state index in [0.29, 0.717) is 0 Å². The summed E-state index contributed by atoms with van der Waals surface area (Å²) in [4.78, 5) is 11.5. The van der Waals surface area contributed by atoms with E-state index >= 15 is 0 Å². The van der Waals surface area contributed by atoms with Crippen molar-refractivity contribution in [1.29, 1.82) is 0 Å². The van der Waals surface area contributed by atoms with Crippen LogP contribution in [-0.4, -0.2) is 12.5 Å². The first kappa shape index (κ1) is 13.5. The van der Waals surface area contributed by atoms with Crippen LogP contribution in [0.4, 0.5) is 0 Å². The zero-order valence-electron chi connectivity index (χ0n) is 10.9. The van der Waals surface area contributed by atoms with E-state index in [-0.39, 0.29) is 5.91 Å². The summed E-state index contributed by atoms with van der Waals surface area (Å²) < 4.78 is 0. The Balaban J connectivity index is 2.03. The Kier molecular flexibility index (Phi) is 6.51. The van der Waals surface area contributed by atoms with Gasteiger partial charge in [-0.1, -0.05) is 39.5 Å². The van der Waals surface area contributed by atoms with Crippen LogP contribution >= 0.6 is 0 Å². The third-order valence-corrected chi connectivity index (χ3v) is 3.73. The molecule has 94 valence electrons. The molecule has 0 atom stereocenters. The first-order valence-corrected chi connectivity index (χ1v) is 6.99. The van der Waals surface area contributed by atoms with Gasteiger partial charge in [0.1, 0.15) is 0 Å². The Hall–Kier alpha value is -0.530. The van der Waals surface area contributed by atoms with Crippen molar-refractivity contribution in [2.75, 3.05) is 6.54 Å². The molecule has 16 heavy (non-hydrogen) atoms. The molecule has 0 aliphatic heterocycles. The highest BCUT2D eigenvalue weighted by molar-refractivity contribution is 5.75. The molecule has 0 unspecified atom stereocenters. The Bertz CT molecular complexity index is 195. The molecule has 0 saturated heterocycles. The van der Waals surface area contributed by atoms with Crippen LogP contribution in [0.5, 0.6) is 0 Å². The van der Waals surface area contributed by atoms with Crippen molar-refractivity contribution in [2.24, 2.45) is 11.8 Å². The van der Waals surface area contributed by atoms with Gasteiger partial charge in [0.05, 0.1) is 0 Å². The van der Waals surface area contributed by atoms with Gasteiger partial charge in [0.2, 0.25) is 5.91 Å². The van der Waals surface area contributed by atoms with Crippen LogP contribution in [0.25, 0.3) is 0 Å². The van der Waals surface area contributed by atoms with Gasteiger partial charge in [0.15, 0.2) is 0 Å². The minimum absolute atomic E-state index is 0.257. The molecule has 1 aliphatic rings. The number of hydrogen-bond donors (Lipinski definition) is 1. The summed E-state index contributed by atoms with van der Waals surface area (Å²) in [7, 11) is 0. The average molecular weight is 225 g/mol. The molecular weight excluding hydrogens is 198 g/mol. The molecule has 0 aromatic heterocycles. The van der Waals surface area contributed by atoms with Crippen molar-refractivity contribution in [2.45, 2.75) is 65.2 Å². The summed E-state index contributed by atoms with van der Waals surface area (Å²) in [5.41, 5.74) is 0. The van der Waals surface area contributed by atoms with E-state index in [9.17, 15) is 4.79 Å². The second-order valence-corrected chi connectivity index (χ2v) is 5.39. The van der Waals surface area contributed by atoms with Gasteiger partial charge in [-0.25, -0.2) is 0 Å². The van der Waals surface area contributed by atoms with E-state index < -0.39 is 0 Å². The molecule has 1 rings (SSSR count). The molecular formula is C14H27NO. The summed E-state index contributed by atoms with van der Waals surface area (Å²) in [6.07, 6.45) is 9.42. The average Bonchev–Trinajstić information content (AvgIpc) is 2.29. The fourth-order valence-corrected chi connectivity index (χ4v) is 2.42. The van der Waals surface area contributed by atoms with Gasteiger partial charge in [0.25, 0.3) is 0 Å². The smallest absolute Gasteiger partial charge is 0.220 e. The van der Waals surface area contributed by atoms with E-state index in [1.807, 2.05) is 0 Å². The Morgan fingerprint density at radius 3 is 2.50 bits per heavy atom. The van der Waals surface area contributed by atoms with Gasteiger partial charge in [-0.2, -0.15) is 0 Å². The van der Waals surface area contributed by atoms with E-state index in [0.717, 1.165) is 31.2 Å². The zero-order chi connectivity index (χ0) is 11.8. The van der Waals surface area contributed by atoms with Crippen molar-refractivity contribution in [3.63, 3.8) is 0 Å². The lowest BCUT2D eigenvalue weighted by molar-refractivity contribution is -0.121. The molecule has 0 bridgehead atoms. The second kappa shape index (κ2) is 7.70. The molecule has 0 radical (unpaired) electrons. The maximum Gasteiger partial charge on any atom is 0.220 e. The molecule has 0 heterocycles. The van der Waals surface area contributed by atoms with Gasteiger partial charge < -0.3 is 5.32 Å². The van der Waals surface area contributed by atoms with Crippen molar-refractivity contribution >= 4 is 5.91 Å². The van der Waals surface area contributed by atoms with Crippen LogP contribution in [-0.2, 0) is 4.79 Å². The lowest BCUT2D eigenvalue weighted by Crippen LogP contribution is -2.30. The number of unbranched alkanes of at least 4 members (excludes halogenated alkanes) is 2. The van der Waals surface area contributed by atoms with Gasteiger partial charge in [-0.15, -0.1) is 0 Å². The monoisotopic (exact) mass is 225 g/mol. The van der Waals surface area contributed by atoms with Gasteiger partial charge >= 0.3 is 0 Å². The summed E-state index contributed by atoms with van der Waals surface area (Å²) in [6.45, 7) is 5.42. The molecule has 0 spiro atoms. The molecule has 2 heteroatoms. The maximum absolute atomic E-state index is 11.5. The van der Waals surface area contributed by atoms with Crippen molar-refractivity contribution in [3.8, 4) is 0 Å². The van der Waals surface area contributed by atoms with E-state index in [4.69, 9.17) is 0 Å². The number of carbonyl (C=O) groups is 1. The highest BCUT2D eigenvalue weighted by Crippen LogP contribution is 2.27. The molecule has 0 aromatic carbocycles. The van der Waals surface area contributed by atoms with Crippen LogP contribution < -0.4 is 5.32 Å². The van der Waals surface area contributed by atoms with E-state index in [1.54, 1.807) is 0 Å². The Morgan fingerprint density at radius 1 is 1.19 bits per heavy atom. The maximum atomic E-state index is 11.5.